The molecule has 1 aromatic carbocycles. The van der Waals surface area contributed by atoms with Crippen LogP contribution in [0.1, 0.15) is 54.7 Å². The number of halogens is 1. The van der Waals surface area contributed by atoms with Gasteiger partial charge in [0.15, 0.2) is 0 Å². The second-order valence-corrected chi connectivity index (χ2v) is 10.3. The van der Waals surface area contributed by atoms with Gasteiger partial charge in [0.25, 0.3) is 5.56 Å². The van der Waals surface area contributed by atoms with Crippen LogP contribution in [-0.4, -0.2) is 47.1 Å². The number of allylic oxidation sites excluding steroid dienone is 1. The van der Waals surface area contributed by atoms with Gasteiger partial charge in [0.05, 0.1) is 5.69 Å². The minimum Gasteiger partial charge on any atom is -0.369 e. The SMILES string of the molecule is Cc1ccc(N2CCN([C@H]3C=C(c4nc5c(c(=O)[nH]4)CC4(CC5)CC4)CC3)CC2)cc1F. The molecule has 2 heterocycles. The Kier molecular flexibility index (Phi) is 4.75. The topological polar surface area (TPSA) is 52.2 Å². The van der Waals surface area contributed by atoms with E-state index in [0.29, 0.717) is 17.0 Å². The molecule has 4 aliphatic rings. The Bertz CT molecular complexity index is 1140. The summed E-state index contributed by atoms with van der Waals surface area (Å²) in [6, 6.07) is 5.92. The van der Waals surface area contributed by atoms with Crippen molar-refractivity contribution in [1.82, 2.24) is 14.9 Å². The number of hydrogen-bond donors (Lipinski definition) is 1. The molecule has 1 saturated carbocycles. The van der Waals surface area contributed by atoms with E-state index in [2.05, 4.69) is 20.9 Å². The zero-order chi connectivity index (χ0) is 21.9. The van der Waals surface area contributed by atoms with E-state index in [1.54, 1.807) is 13.0 Å². The van der Waals surface area contributed by atoms with Crippen LogP contribution >= 0.6 is 0 Å². The highest BCUT2D eigenvalue weighted by molar-refractivity contribution is 5.63. The monoisotopic (exact) mass is 434 g/mol. The summed E-state index contributed by atoms with van der Waals surface area (Å²) in [5.74, 6) is 0.656. The number of H-pyrrole nitrogens is 1. The summed E-state index contributed by atoms with van der Waals surface area (Å²) < 4.78 is 14.0. The second-order valence-electron chi connectivity index (χ2n) is 10.3. The van der Waals surface area contributed by atoms with Crippen LogP contribution < -0.4 is 10.5 Å². The number of piperazine rings is 1. The molecule has 6 rings (SSSR count). The first-order chi connectivity index (χ1) is 15.5. The Morgan fingerprint density at radius 3 is 2.69 bits per heavy atom. The molecule has 2 fully saturated rings. The number of hydrogen-bond acceptors (Lipinski definition) is 4. The van der Waals surface area contributed by atoms with Crippen molar-refractivity contribution in [3.63, 3.8) is 0 Å². The van der Waals surface area contributed by atoms with Crippen molar-refractivity contribution in [3.05, 3.63) is 63.1 Å². The lowest BCUT2D eigenvalue weighted by molar-refractivity contribution is 0.214. The van der Waals surface area contributed by atoms with Crippen molar-refractivity contribution in [2.45, 2.75) is 57.9 Å². The number of benzene rings is 1. The molecule has 1 aromatic heterocycles. The maximum Gasteiger partial charge on any atom is 0.254 e. The number of anilines is 1. The van der Waals surface area contributed by atoms with E-state index in [1.807, 2.05) is 12.1 Å². The Morgan fingerprint density at radius 1 is 1.12 bits per heavy atom. The van der Waals surface area contributed by atoms with Crippen molar-refractivity contribution in [2.75, 3.05) is 31.1 Å². The van der Waals surface area contributed by atoms with E-state index in [-0.39, 0.29) is 11.4 Å². The van der Waals surface area contributed by atoms with Gasteiger partial charge in [0.2, 0.25) is 0 Å². The summed E-state index contributed by atoms with van der Waals surface area (Å²) in [6.45, 7) is 5.52. The van der Waals surface area contributed by atoms with Gasteiger partial charge in [-0.3, -0.25) is 9.69 Å². The largest absolute Gasteiger partial charge is 0.369 e. The number of rotatable bonds is 3. The number of aromatic amines is 1. The molecule has 0 bridgehead atoms. The van der Waals surface area contributed by atoms with Crippen LogP contribution in [0.4, 0.5) is 10.1 Å². The normalized spacial score (nSPS) is 24.5. The van der Waals surface area contributed by atoms with Gasteiger partial charge in [-0.05, 0) is 80.6 Å². The summed E-state index contributed by atoms with van der Waals surface area (Å²) in [5.41, 5.74) is 5.33. The standard InChI is InChI=1S/C26H31FN4O/c1-17-2-4-20(15-22(17)27)31-12-10-30(11-13-31)19-5-3-18(14-19)24-28-23-6-7-26(8-9-26)16-21(23)25(32)29-24/h2,4,14-15,19H,3,5-13,16H2,1H3,(H,28,29,32)/t19-/m1/s1. The highest BCUT2D eigenvalue weighted by Crippen LogP contribution is 2.53. The first-order valence-corrected chi connectivity index (χ1v) is 12.1. The summed E-state index contributed by atoms with van der Waals surface area (Å²) >= 11 is 0. The van der Waals surface area contributed by atoms with Gasteiger partial charge in [-0.1, -0.05) is 12.1 Å². The molecule has 1 aliphatic heterocycles. The molecule has 6 heteroatoms. The third kappa shape index (κ3) is 3.58. The van der Waals surface area contributed by atoms with E-state index >= 15 is 0 Å². The predicted molar refractivity (Wildman–Crippen MR) is 124 cm³/mol. The zero-order valence-electron chi connectivity index (χ0n) is 18.8. The van der Waals surface area contributed by atoms with Crippen molar-refractivity contribution in [3.8, 4) is 0 Å². The maximum absolute atomic E-state index is 14.0. The summed E-state index contributed by atoms with van der Waals surface area (Å²) in [7, 11) is 0. The van der Waals surface area contributed by atoms with Crippen LogP contribution in [0.5, 0.6) is 0 Å². The van der Waals surface area contributed by atoms with Crippen LogP contribution in [-0.2, 0) is 12.8 Å². The van der Waals surface area contributed by atoms with Gasteiger partial charge in [0, 0.05) is 43.5 Å². The average Bonchev–Trinajstić information content (AvgIpc) is 3.36. The third-order valence-corrected chi connectivity index (χ3v) is 8.21. The maximum atomic E-state index is 14.0. The van der Waals surface area contributed by atoms with E-state index in [0.717, 1.165) is 74.6 Å². The van der Waals surface area contributed by atoms with Gasteiger partial charge >= 0.3 is 0 Å². The molecule has 1 saturated heterocycles. The average molecular weight is 435 g/mol. The third-order valence-electron chi connectivity index (χ3n) is 8.21. The minimum absolute atomic E-state index is 0.0827. The molecular formula is C26H31FN4O. The quantitative estimate of drug-likeness (QED) is 0.797. The van der Waals surface area contributed by atoms with Gasteiger partial charge in [0.1, 0.15) is 11.6 Å². The van der Waals surface area contributed by atoms with Gasteiger partial charge in [-0.25, -0.2) is 9.37 Å². The van der Waals surface area contributed by atoms with E-state index in [9.17, 15) is 9.18 Å². The van der Waals surface area contributed by atoms with Gasteiger partial charge in [-0.15, -0.1) is 0 Å². The highest BCUT2D eigenvalue weighted by Gasteiger charge is 2.45. The summed E-state index contributed by atoms with van der Waals surface area (Å²) in [4.78, 5) is 25.6. The Balaban J connectivity index is 1.14. The van der Waals surface area contributed by atoms with E-state index < -0.39 is 0 Å². The van der Waals surface area contributed by atoms with Crippen molar-refractivity contribution < 1.29 is 4.39 Å². The van der Waals surface area contributed by atoms with Crippen LogP contribution in [0.15, 0.2) is 29.1 Å². The molecule has 1 N–H and O–H groups in total. The molecule has 5 nitrogen and oxygen atoms in total. The van der Waals surface area contributed by atoms with Gasteiger partial charge < -0.3 is 9.88 Å². The molecule has 0 amide bonds. The molecule has 2 aromatic rings. The number of aromatic nitrogens is 2. The van der Waals surface area contributed by atoms with E-state index in [1.165, 1.54) is 24.8 Å². The molecule has 1 spiro atoms. The number of fused-ring (bicyclic) bond motifs is 1. The smallest absolute Gasteiger partial charge is 0.254 e. The van der Waals surface area contributed by atoms with Gasteiger partial charge in [-0.2, -0.15) is 0 Å². The second kappa shape index (κ2) is 7.55. The number of nitrogens with one attached hydrogen (secondary N) is 1. The highest BCUT2D eigenvalue weighted by atomic mass is 19.1. The summed E-state index contributed by atoms with van der Waals surface area (Å²) in [5, 5.41) is 0. The Morgan fingerprint density at radius 2 is 1.94 bits per heavy atom. The first-order valence-electron chi connectivity index (χ1n) is 12.1. The lowest BCUT2D eigenvalue weighted by Gasteiger charge is -2.38. The zero-order valence-corrected chi connectivity index (χ0v) is 18.8. The molecule has 168 valence electrons. The van der Waals surface area contributed by atoms with Crippen molar-refractivity contribution in [2.24, 2.45) is 5.41 Å². The van der Waals surface area contributed by atoms with Crippen LogP contribution in [0.2, 0.25) is 0 Å². The predicted octanol–water partition coefficient (Wildman–Crippen LogP) is 3.85. The fourth-order valence-corrected chi connectivity index (χ4v) is 5.81. The fourth-order valence-electron chi connectivity index (χ4n) is 5.81. The summed E-state index contributed by atoms with van der Waals surface area (Å²) in [6.07, 6.45) is 9.94. The minimum atomic E-state index is -0.132. The van der Waals surface area contributed by atoms with Crippen molar-refractivity contribution >= 4 is 11.3 Å². The molecule has 0 unspecified atom stereocenters. The van der Waals surface area contributed by atoms with Crippen LogP contribution in [0, 0.1) is 18.2 Å². The number of nitrogens with zero attached hydrogens (tertiary/aromatic N) is 3. The van der Waals surface area contributed by atoms with Crippen LogP contribution in [0.25, 0.3) is 5.57 Å². The Labute approximate surface area is 188 Å². The molecule has 0 radical (unpaired) electrons. The first kappa shape index (κ1) is 20.2. The molecule has 32 heavy (non-hydrogen) atoms. The van der Waals surface area contributed by atoms with Crippen molar-refractivity contribution in [1.29, 1.82) is 0 Å². The van der Waals surface area contributed by atoms with E-state index in [4.69, 9.17) is 4.98 Å². The number of aryl methyl sites for hydroxylation is 2. The molecule has 3 aliphatic carbocycles. The lowest BCUT2D eigenvalue weighted by atomic mass is 9.84. The molecular weight excluding hydrogens is 403 g/mol. The molecule has 1 atom stereocenters. The lowest BCUT2D eigenvalue weighted by Crippen LogP contribution is -2.49. The Hall–Kier alpha value is -2.47. The van der Waals surface area contributed by atoms with Crippen LogP contribution in [0.3, 0.4) is 0 Å². The fraction of sp³-hybridized carbons (Fsp3) is 0.538.